The Hall–Kier alpha value is -2.88. The monoisotopic (exact) mass is 435 g/mol. The largest absolute Gasteiger partial charge is 0.417 e. The van der Waals surface area contributed by atoms with Crippen molar-refractivity contribution in [3.8, 4) is 0 Å². The molecule has 1 aromatic carbocycles. The maximum atomic E-state index is 13.3. The van der Waals surface area contributed by atoms with Gasteiger partial charge in [-0.3, -0.25) is 14.9 Å². The molecule has 7 nitrogen and oxygen atoms in total. The molecule has 1 saturated heterocycles. The number of carbonyl (C=O) groups excluding carboxylic acids is 2. The summed E-state index contributed by atoms with van der Waals surface area (Å²) in [4.78, 5) is 25.0. The number of nitrogens with one attached hydrogen (secondary N) is 3. The molecule has 10 heteroatoms. The highest BCUT2D eigenvalue weighted by molar-refractivity contribution is 6.05. The van der Waals surface area contributed by atoms with Crippen molar-refractivity contribution in [3.05, 3.63) is 47.2 Å². The fourth-order valence-electron chi connectivity index (χ4n) is 3.67. The number of benzene rings is 1. The second kappa shape index (κ2) is 7.99. The van der Waals surface area contributed by atoms with Crippen LogP contribution in [0.1, 0.15) is 66.9 Å². The summed E-state index contributed by atoms with van der Waals surface area (Å²) in [6, 6.07) is 6.20. The molecule has 2 unspecified atom stereocenters. The van der Waals surface area contributed by atoms with Gasteiger partial charge in [-0.1, -0.05) is 26.0 Å². The molecule has 31 heavy (non-hydrogen) atoms. The van der Waals surface area contributed by atoms with E-state index in [1.807, 2.05) is 13.8 Å². The Bertz CT molecular complexity index is 997. The Kier molecular flexibility index (Phi) is 5.50. The lowest BCUT2D eigenvalue weighted by molar-refractivity contribution is -0.138. The van der Waals surface area contributed by atoms with Crippen molar-refractivity contribution < 1.29 is 22.8 Å². The number of carbonyl (C=O) groups is 2. The van der Waals surface area contributed by atoms with Gasteiger partial charge in [-0.25, -0.2) is 4.68 Å². The van der Waals surface area contributed by atoms with Crippen LogP contribution in [-0.2, 0) is 11.0 Å². The van der Waals surface area contributed by atoms with Crippen LogP contribution < -0.4 is 16.0 Å². The van der Waals surface area contributed by atoms with Crippen LogP contribution >= 0.6 is 0 Å². The average molecular weight is 435 g/mol. The first-order chi connectivity index (χ1) is 14.6. The summed E-state index contributed by atoms with van der Waals surface area (Å²) in [6.45, 7) is 3.98. The van der Waals surface area contributed by atoms with Crippen LogP contribution in [0.5, 0.6) is 0 Å². The van der Waals surface area contributed by atoms with Gasteiger partial charge in [0.2, 0.25) is 5.91 Å². The molecule has 2 heterocycles. The molecule has 1 aliphatic carbocycles. The Morgan fingerprint density at radius 2 is 1.97 bits per heavy atom. The van der Waals surface area contributed by atoms with E-state index in [1.54, 1.807) is 6.07 Å². The molecule has 2 atom stereocenters. The standard InChI is InChI=1S/C21H24F3N5O2/c1-11(2)15-10-18(30)27-20(25-15)29-17(9-16(28-29)12-7-8-12)26-19(31)13-5-3-4-6-14(13)21(22,23)24/h3-6,9,11-12,15,20,25H,7-8,10H2,1-2H3,(H,26,31)(H,27,30). The quantitative estimate of drug-likeness (QED) is 0.670. The maximum absolute atomic E-state index is 13.3. The van der Waals surface area contributed by atoms with Crippen LogP contribution in [-0.4, -0.2) is 27.6 Å². The van der Waals surface area contributed by atoms with Gasteiger partial charge < -0.3 is 10.6 Å². The second-order valence-corrected chi connectivity index (χ2v) is 8.36. The van der Waals surface area contributed by atoms with Crippen molar-refractivity contribution >= 4 is 17.6 Å². The first-order valence-electron chi connectivity index (χ1n) is 10.3. The fourth-order valence-corrected chi connectivity index (χ4v) is 3.67. The SMILES string of the molecule is CC(C)C1CC(=O)NC(n2nc(C3CC3)cc2NC(=O)c2ccccc2C(F)(F)F)N1. The highest BCUT2D eigenvalue weighted by Crippen LogP contribution is 2.40. The van der Waals surface area contributed by atoms with Crippen molar-refractivity contribution in [1.82, 2.24) is 20.4 Å². The van der Waals surface area contributed by atoms with Gasteiger partial charge in [-0.2, -0.15) is 18.3 Å². The number of hydrogen-bond acceptors (Lipinski definition) is 4. The van der Waals surface area contributed by atoms with E-state index in [0.29, 0.717) is 6.42 Å². The zero-order valence-corrected chi connectivity index (χ0v) is 17.2. The minimum atomic E-state index is -4.66. The number of halogens is 3. The summed E-state index contributed by atoms with van der Waals surface area (Å²) >= 11 is 0. The smallest absolute Gasteiger partial charge is 0.322 e. The van der Waals surface area contributed by atoms with Gasteiger partial charge in [0.05, 0.1) is 16.8 Å². The maximum Gasteiger partial charge on any atom is 0.417 e. The molecular weight excluding hydrogens is 411 g/mol. The Balaban J connectivity index is 1.65. The van der Waals surface area contributed by atoms with Crippen molar-refractivity contribution in [2.24, 2.45) is 5.92 Å². The van der Waals surface area contributed by atoms with Crippen molar-refractivity contribution in [2.45, 2.75) is 57.5 Å². The second-order valence-electron chi connectivity index (χ2n) is 8.36. The topological polar surface area (TPSA) is 88.1 Å². The number of alkyl halides is 3. The van der Waals surface area contributed by atoms with Crippen LogP contribution in [0, 0.1) is 5.92 Å². The summed E-state index contributed by atoms with van der Waals surface area (Å²) < 4.78 is 41.5. The van der Waals surface area contributed by atoms with E-state index < -0.39 is 29.5 Å². The van der Waals surface area contributed by atoms with Gasteiger partial charge >= 0.3 is 6.18 Å². The van der Waals surface area contributed by atoms with E-state index >= 15 is 0 Å². The molecule has 1 aliphatic heterocycles. The van der Waals surface area contributed by atoms with E-state index in [2.05, 4.69) is 21.0 Å². The average Bonchev–Trinajstić information content (AvgIpc) is 3.47. The minimum absolute atomic E-state index is 0.0955. The van der Waals surface area contributed by atoms with E-state index in [4.69, 9.17) is 0 Å². The minimum Gasteiger partial charge on any atom is -0.322 e. The molecule has 166 valence electrons. The highest BCUT2D eigenvalue weighted by atomic mass is 19.4. The molecular formula is C21H24F3N5O2. The number of rotatable bonds is 5. The third-order valence-corrected chi connectivity index (χ3v) is 5.59. The molecule has 3 N–H and O–H groups in total. The van der Waals surface area contributed by atoms with Crippen LogP contribution in [0.15, 0.2) is 30.3 Å². The fraction of sp³-hybridized carbons (Fsp3) is 0.476. The number of anilines is 1. The van der Waals surface area contributed by atoms with Gasteiger partial charge in [0.15, 0.2) is 6.29 Å². The van der Waals surface area contributed by atoms with E-state index in [1.165, 1.54) is 16.8 Å². The van der Waals surface area contributed by atoms with Crippen LogP contribution in [0.25, 0.3) is 0 Å². The zero-order chi connectivity index (χ0) is 22.3. The van der Waals surface area contributed by atoms with Crippen LogP contribution in [0.3, 0.4) is 0 Å². The Morgan fingerprint density at radius 1 is 1.26 bits per heavy atom. The lowest BCUT2D eigenvalue weighted by atomic mass is 9.99. The van der Waals surface area contributed by atoms with Crippen molar-refractivity contribution in [1.29, 1.82) is 0 Å². The Labute approximate surface area is 177 Å². The lowest BCUT2D eigenvalue weighted by Crippen LogP contribution is -2.55. The highest BCUT2D eigenvalue weighted by Gasteiger charge is 2.36. The van der Waals surface area contributed by atoms with Crippen LogP contribution in [0.2, 0.25) is 0 Å². The molecule has 0 bridgehead atoms. The molecule has 1 aromatic heterocycles. The summed E-state index contributed by atoms with van der Waals surface area (Å²) in [7, 11) is 0. The summed E-state index contributed by atoms with van der Waals surface area (Å²) in [5.74, 6) is -0.390. The van der Waals surface area contributed by atoms with E-state index in [0.717, 1.165) is 30.7 Å². The normalized spacial score (nSPS) is 21.8. The summed E-state index contributed by atoms with van der Waals surface area (Å²) in [5.41, 5.74) is -0.747. The molecule has 4 rings (SSSR count). The van der Waals surface area contributed by atoms with Crippen molar-refractivity contribution in [3.63, 3.8) is 0 Å². The summed E-state index contributed by atoms with van der Waals surface area (Å²) in [5, 5.41) is 13.2. The third-order valence-electron chi connectivity index (χ3n) is 5.59. The predicted octanol–water partition coefficient (Wildman–Crippen LogP) is 3.62. The van der Waals surface area contributed by atoms with E-state index in [-0.39, 0.29) is 29.6 Å². The predicted molar refractivity (Wildman–Crippen MR) is 107 cm³/mol. The van der Waals surface area contributed by atoms with Crippen molar-refractivity contribution in [2.75, 3.05) is 5.32 Å². The van der Waals surface area contributed by atoms with Gasteiger partial charge in [0.1, 0.15) is 5.82 Å². The molecule has 2 fully saturated rings. The van der Waals surface area contributed by atoms with E-state index in [9.17, 15) is 22.8 Å². The van der Waals surface area contributed by atoms with Crippen LogP contribution in [0.4, 0.5) is 19.0 Å². The van der Waals surface area contributed by atoms with Gasteiger partial charge in [0, 0.05) is 24.4 Å². The molecule has 0 spiro atoms. The first-order valence-corrected chi connectivity index (χ1v) is 10.3. The molecule has 2 amide bonds. The number of amides is 2. The van der Waals surface area contributed by atoms with Gasteiger partial charge in [-0.15, -0.1) is 0 Å². The Morgan fingerprint density at radius 3 is 2.61 bits per heavy atom. The summed E-state index contributed by atoms with van der Waals surface area (Å²) in [6.07, 6.45) is -3.14. The molecule has 2 aliphatic rings. The first kappa shape index (κ1) is 21.4. The zero-order valence-electron chi connectivity index (χ0n) is 17.2. The number of hydrogen-bond donors (Lipinski definition) is 3. The third kappa shape index (κ3) is 4.58. The van der Waals surface area contributed by atoms with Gasteiger partial charge in [0.25, 0.3) is 5.91 Å². The van der Waals surface area contributed by atoms with Gasteiger partial charge in [-0.05, 0) is 30.9 Å². The molecule has 1 saturated carbocycles. The lowest BCUT2D eigenvalue weighted by Gasteiger charge is -2.34. The number of nitrogens with zero attached hydrogens (tertiary/aromatic N) is 2. The number of aromatic nitrogens is 2. The molecule has 2 aromatic rings. The molecule has 0 radical (unpaired) electrons.